The van der Waals surface area contributed by atoms with Gasteiger partial charge in [0.1, 0.15) is 5.15 Å². The topological polar surface area (TPSA) is 96.4 Å². The Morgan fingerprint density at radius 3 is 2.74 bits per heavy atom. The zero-order chi connectivity index (χ0) is 13.9. The van der Waals surface area contributed by atoms with Gasteiger partial charge in [0.15, 0.2) is 0 Å². The monoisotopic (exact) mass is 307 g/mol. The molecule has 0 amide bonds. The molecule has 1 fully saturated rings. The van der Waals surface area contributed by atoms with E-state index in [4.69, 9.17) is 16.3 Å². The Kier molecular flexibility index (Phi) is 4.40. The minimum atomic E-state index is -3.67. The molecule has 2 N–H and O–H groups in total. The molecule has 1 aromatic heterocycles. The molecule has 1 saturated heterocycles. The average molecular weight is 308 g/mol. The Morgan fingerprint density at radius 1 is 1.42 bits per heavy atom. The quantitative estimate of drug-likeness (QED) is 0.742. The highest BCUT2D eigenvalue weighted by Gasteiger charge is 2.24. The molecule has 2 heterocycles. The molecular weight excluding hydrogens is 294 g/mol. The maximum absolute atomic E-state index is 12.1. The van der Waals surface area contributed by atoms with Crippen LogP contribution >= 0.6 is 11.6 Å². The summed E-state index contributed by atoms with van der Waals surface area (Å²) < 4.78 is 32.7. The number of aromatic nitrogens is 2. The molecule has 2 rings (SSSR count). The van der Waals surface area contributed by atoms with Crippen LogP contribution in [-0.4, -0.2) is 56.0 Å². The van der Waals surface area contributed by atoms with Crippen LogP contribution in [0.3, 0.4) is 0 Å². The normalized spacial score (nSPS) is 17.2. The fourth-order valence-electron chi connectivity index (χ4n) is 1.61. The van der Waals surface area contributed by atoms with E-state index in [9.17, 15) is 8.42 Å². The molecule has 0 saturated carbocycles. The Labute approximate surface area is 116 Å². The van der Waals surface area contributed by atoms with Gasteiger partial charge < -0.3 is 10.1 Å². The predicted octanol–water partition coefficient (Wildman–Crippen LogP) is -0.299. The molecule has 0 unspecified atom stereocenters. The molecule has 0 aromatic carbocycles. The van der Waals surface area contributed by atoms with Crippen LogP contribution in [0.25, 0.3) is 0 Å². The van der Waals surface area contributed by atoms with Crippen molar-refractivity contribution < 1.29 is 13.2 Å². The molecule has 106 valence electrons. The first-order chi connectivity index (χ1) is 9.01. The molecule has 0 radical (unpaired) electrons. The summed E-state index contributed by atoms with van der Waals surface area (Å²) in [6.45, 7) is 2.02. The SMILES string of the molecule is COc1cc(Cl)nc(NS(=O)(=O)N2CCNCC2)n1. The molecule has 1 aromatic rings. The number of hydrogen-bond donors (Lipinski definition) is 2. The summed E-state index contributed by atoms with van der Waals surface area (Å²) >= 11 is 5.75. The summed E-state index contributed by atoms with van der Waals surface area (Å²) in [5.74, 6) is 0.0842. The molecule has 19 heavy (non-hydrogen) atoms. The molecule has 8 nitrogen and oxygen atoms in total. The average Bonchev–Trinajstić information content (AvgIpc) is 2.38. The Balaban J connectivity index is 2.17. The number of rotatable bonds is 4. The van der Waals surface area contributed by atoms with Gasteiger partial charge in [-0.25, -0.2) is 9.71 Å². The van der Waals surface area contributed by atoms with E-state index in [1.807, 2.05) is 0 Å². The number of nitrogens with one attached hydrogen (secondary N) is 2. The van der Waals surface area contributed by atoms with Crippen molar-refractivity contribution in [3.05, 3.63) is 11.2 Å². The fourth-order valence-corrected chi connectivity index (χ4v) is 2.90. The van der Waals surface area contributed by atoms with Crippen LogP contribution < -0.4 is 14.8 Å². The van der Waals surface area contributed by atoms with E-state index < -0.39 is 10.2 Å². The van der Waals surface area contributed by atoms with Crippen molar-refractivity contribution in [3.63, 3.8) is 0 Å². The molecule has 1 aliphatic rings. The van der Waals surface area contributed by atoms with Crippen LogP contribution in [0.2, 0.25) is 5.15 Å². The summed E-state index contributed by atoms with van der Waals surface area (Å²) in [6, 6.07) is 1.39. The van der Waals surface area contributed by atoms with Crippen LogP contribution in [-0.2, 0) is 10.2 Å². The highest BCUT2D eigenvalue weighted by atomic mass is 35.5. The summed E-state index contributed by atoms with van der Waals surface area (Å²) in [5, 5.41) is 3.17. The van der Waals surface area contributed by atoms with Crippen molar-refractivity contribution >= 4 is 27.8 Å². The lowest BCUT2D eigenvalue weighted by molar-refractivity contribution is 0.362. The standard InChI is InChI=1S/C9H14ClN5O3S/c1-18-8-6-7(10)12-9(13-8)14-19(16,17)15-4-2-11-3-5-15/h6,11H,2-5H2,1H3,(H,12,13,14). The number of methoxy groups -OCH3 is 1. The number of piperazine rings is 1. The molecule has 1 aliphatic heterocycles. The smallest absolute Gasteiger partial charge is 0.304 e. The predicted molar refractivity (Wildman–Crippen MR) is 70.6 cm³/mol. The molecular formula is C9H14ClN5O3S. The highest BCUT2D eigenvalue weighted by Crippen LogP contribution is 2.17. The van der Waals surface area contributed by atoms with Crippen molar-refractivity contribution in [1.82, 2.24) is 19.6 Å². The Hall–Kier alpha value is -1.16. The van der Waals surface area contributed by atoms with Gasteiger partial charge in [0, 0.05) is 32.2 Å². The van der Waals surface area contributed by atoms with Crippen LogP contribution in [0.15, 0.2) is 6.07 Å². The van der Waals surface area contributed by atoms with Gasteiger partial charge in [0.05, 0.1) is 7.11 Å². The second-order valence-corrected chi connectivity index (χ2v) is 5.87. The van der Waals surface area contributed by atoms with Gasteiger partial charge >= 0.3 is 10.2 Å². The number of ether oxygens (including phenoxy) is 1. The maximum atomic E-state index is 12.1. The Bertz CT molecular complexity index is 547. The molecule has 10 heteroatoms. The summed E-state index contributed by atoms with van der Waals surface area (Å²) in [5.41, 5.74) is 0. The molecule has 0 bridgehead atoms. The number of halogens is 1. The van der Waals surface area contributed by atoms with Gasteiger partial charge in [-0.15, -0.1) is 0 Å². The number of anilines is 1. The molecule has 0 aliphatic carbocycles. The second-order valence-electron chi connectivity index (χ2n) is 3.81. The third kappa shape index (κ3) is 3.66. The molecule has 0 spiro atoms. The highest BCUT2D eigenvalue weighted by molar-refractivity contribution is 7.90. The van der Waals surface area contributed by atoms with Crippen LogP contribution in [0.5, 0.6) is 5.88 Å². The summed E-state index contributed by atoms with van der Waals surface area (Å²) in [7, 11) is -2.26. The van der Waals surface area contributed by atoms with Gasteiger partial charge in [0.2, 0.25) is 11.8 Å². The minimum absolute atomic E-state index is 0.102. The summed E-state index contributed by atoms with van der Waals surface area (Å²) in [6.07, 6.45) is 0. The van der Waals surface area contributed by atoms with E-state index in [0.29, 0.717) is 26.2 Å². The second kappa shape index (κ2) is 5.87. The zero-order valence-electron chi connectivity index (χ0n) is 10.3. The van der Waals surface area contributed by atoms with E-state index >= 15 is 0 Å². The first-order valence-electron chi connectivity index (χ1n) is 5.58. The lowest BCUT2D eigenvalue weighted by atomic mass is 10.4. The minimum Gasteiger partial charge on any atom is -0.481 e. The lowest BCUT2D eigenvalue weighted by Gasteiger charge is -2.26. The van der Waals surface area contributed by atoms with E-state index in [1.54, 1.807) is 0 Å². The van der Waals surface area contributed by atoms with E-state index in [0.717, 1.165) is 0 Å². The summed E-state index contributed by atoms with van der Waals surface area (Å²) in [4.78, 5) is 7.69. The van der Waals surface area contributed by atoms with Crippen LogP contribution in [0.1, 0.15) is 0 Å². The van der Waals surface area contributed by atoms with Gasteiger partial charge in [0.25, 0.3) is 0 Å². The third-order valence-electron chi connectivity index (χ3n) is 2.52. The third-order valence-corrected chi connectivity index (χ3v) is 4.20. The van der Waals surface area contributed by atoms with Crippen LogP contribution in [0, 0.1) is 0 Å². The van der Waals surface area contributed by atoms with E-state index in [1.165, 1.54) is 17.5 Å². The van der Waals surface area contributed by atoms with E-state index in [2.05, 4.69) is 20.0 Å². The largest absolute Gasteiger partial charge is 0.481 e. The van der Waals surface area contributed by atoms with Crippen molar-refractivity contribution in [1.29, 1.82) is 0 Å². The lowest BCUT2D eigenvalue weighted by Crippen LogP contribution is -2.48. The van der Waals surface area contributed by atoms with Crippen LogP contribution in [0.4, 0.5) is 5.95 Å². The van der Waals surface area contributed by atoms with Gasteiger partial charge in [-0.1, -0.05) is 11.6 Å². The number of nitrogens with zero attached hydrogens (tertiary/aromatic N) is 3. The molecule has 0 atom stereocenters. The zero-order valence-corrected chi connectivity index (χ0v) is 11.8. The van der Waals surface area contributed by atoms with Crippen molar-refractivity contribution in [2.45, 2.75) is 0 Å². The van der Waals surface area contributed by atoms with Crippen molar-refractivity contribution in [2.24, 2.45) is 0 Å². The van der Waals surface area contributed by atoms with Gasteiger partial charge in [-0.3, -0.25) is 0 Å². The fraction of sp³-hybridized carbons (Fsp3) is 0.556. The Morgan fingerprint density at radius 2 is 2.11 bits per heavy atom. The van der Waals surface area contributed by atoms with Gasteiger partial charge in [-0.05, 0) is 0 Å². The first kappa shape index (κ1) is 14.3. The first-order valence-corrected chi connectivity index (χ1v) is 7.40. The van der Waals surface area contributed by atoms with Crippen molar-refractivity contribution in [2.75, 3.05) is 38.0 Å². The number of hydrogen-bond acceptors (Lipinski definition) is 6. The maximum Gasteiger partial charge on any atom is 0.304 e. The van der Waals surface area contributed by atoms with Gasteiger partial charge in [-0.2, -0.15) is 17.7 Å². The van der Waals surface area contributed by atoms with Crippen molar-refractivity contribution in [3.8, 4) is 5.88 Å². The van der Waals surface area contributed by atoms with E-state index in [-0.39, 0.29) is 17.0 Å².